The van der Waals surface area contributed by atoms with Crippen LogP contribution in [0.4, 0.5) is 0 Å². The Hall–Kier alpha value is -0.240. The number of halogens is 2. The van der Waals surface area contributed by atoms with Gasteiger partial charge in [0.05, 0.1) is 10.0 Å². The molecule has 2 rings (SSSR count). The molecule has 1 aliphatic carbocycles. The number of rotatable bonds is 2. The highest BCUT2D eigenvalue weighted by molar-refractivity contribution is 6.42. The van der Waals surface area contributed by atoms with E-state index in [4.69, 9.17) is 28.9 Å². The lowest BCUT2D eigenvalue weighted by atomic mass is 9.72. The van der Waals surface area contributed by atoms with Crippen LogP contribution in [0.2, 0.25) is 10.0 Å². The summed E-state index contributed by atoms with van der Waals surface area (Å²) >= 11 is 12.1. The fourth-order valence-electron chi connectivity index (χ4n) is 2.88. The van der Waals surface area contributed by atoms with Gasteiger partial charge in [0.1, 0.15) is 0 Å². The highest BCUT2D eigenvalue weighted by Gasteiger charge is 2.29. The largest absolute Gasteiger partial charge is 0.330 e. The molecule has 1 aliphatic rings. The van der Waals surface area contributed by atoms with Gasteiger partial charge in [-0.15, -0.1) is 0 Å². The summed E-state index contributed by atoms with van der Waals surface area (Å²) in [4.78, 5) is 0. The molecule has 0 aromatic heterocycles. The predicted molar refractivity (Wildman–Crippen MR) is 74.8 cm³/mol. The van der Waals surface area contributed by atoms with Crippen LogP contribution in [0, 0.1) is 11.8 Å². The van der Waals surface area contributed by atoms with Gasteiger partial charge in [-0.05, 0) is 54.8 Å². The van der Waals surface area contributed by atoms with Crippen LogP contribution in [-0.4, -0.2) is 6.54 Å². The van der Waals surface area contributed by atoms with E-state index in [1.165, 1.54) is 24.8 Å². The lowest BCUT2D eigenvalue weighted by Gasteiger charge is -2.34. The highest BCUT2D eigenvalue weighted by atomic mass is 35.5. The van der Waals surface area contributed by atoms with Crippen LogP contribution in [0.25, 0.3) is 0 Å². The minimum Gasteiger partial charge on any atom is -0.330 e. The SMILES string of the molecule is CC1CCC(CN)C(c2ccc(Cl)c(Cl)c2)C1. The summed E-state index contributed by atoms with van der Waals surface area (Å²) in [5, 5.41) is 1.28. The quantitative estimate of drug-likeness (QED) is 0.844. The molecule has 94 valence electrons. The smallest absolute Gasteiger partial charge is 0.0595 e. The second kappa shape index (κ2) is 5.60. The van der Waals surface area contributed by atoms with Gasteiger partial charge in [0.25, 0.3) is 0 Å². The Bertz CT molecular complexity index is 392. The third kappa shape index (κ3) is 2.96. The van der Waals surface area contributed by atoms with Crippen LogP contribution in [0.3, 0.4) is 0 Å². The summed E-state index contributed by atoms with van der Waals surface area (Å²) in [5.41, 5.74) is 7.18. The maximum atomic E-state index is 6.10. The molecule has 0 heterocycles. The minimum atomic E-state index is 0.540. The van der Waals surface area contributed by atoms with E-state index in [1.807, 2.05) is 12.1 Å². The van der Waals surface area contributed by atoms with E-state index in [0.717, 1.165) is 12.5 Å². The van der Waals surface area contributed by atoms with E-state index < -0.39 is 0 Å². The standard InChI is InChI=1S/C14H19Cl2N/c1-9-2-3-11(8-17)12(6-9)10-4-5-13(15)14(16)7-10/h4-5,7,9,11-12H,2-3,6,8,17H2,1H3. The molecule has 3 unspecified atom stereocenters. The Labute approximate surface area is 113 Å². The van der Waals surface area contributed by atoms with Crippen molar-refractivity contribution in [3.8, 4) is 0 Å². The van der Waals surface area contributed by atoms with Gasteiger partial charge in [0.2, 0.25) is 0 Å². The van der Waals surface area contributed by atoms with Gasteiger partial charge in [0, 0.05) is 0 Å². The van der Waals surface area contributed by atoms with E-state index in [1.54, 1.807) is 0 Å². The number of nitrogens with two attached hydrogens (primary N) is 1. The third-order valence-corrected chi connectivity index (χ3v) is 4.67. The first kappa shape index (κ1) is 13.2. The molecular weight excluding hydrogens is 253 g/mol. The first-order chi connectivity index (χ1) is 8.11. The topological polar surface area (TPSA) is 26.0 Å². The third-order valence-electron chi connectivity index (χ3n) is 3.93. The molecule has 0 bridgehead atoms. The summed E-state index contributed by atoms with van der Waals surface area (Å²) < 4.78 is 0. The van der Waals surface area contributed by atoms with E-state index in [2.05, 4.69) is 13.0 Å². The van der Waals surface area contributed by atoms with Crippen molar-refractivity contribution in [3.63, 3.8) is 0 Å². The maximum absolute atomic E-state index is 6.10. The zero-order valence-corrected chi connectivity index (χ0v) is 11.6. The highest BCUT2D eigenvalue weighted by Crippen LogP contribution is 2.41. The Kier molecular flexibility index (Phi) is 4.35. The van der Waals surface area contributed by atoms with Gasteiger partial charge < -0.3 is 5.73 Å². The minimum absolute atomic E-state index is 0.540. The molecule has 1 saturated carbocycles. The van der Waals surface area contributed by atoms with Crippen molar-refractivity contribution in [3.05, 3.63) is 33.8 Å². The lowest BCUT2D eigenvalue weighted by Crippen LogP contribution is -2.28. The lowest BCUT2D eigenvalue weighted by molar-refractivity contribution is 0.254. The molecule has 3 heteroatoms. The van der Waals surface area contributed by atoms with E-state index in [0.29, 0.717) is 21.9 Å². The monoisotopic (exact) mass is 271 g/mol. The summed E-state index contributed by atoms with van der Waals surface area (Å²) in [7, 11) is 0. The maximum Gasteiger partial charge on any atom is 0.0595 e. The van der Waals surface area contributed by atoms with E-state index in [-0.39, 0.29) is 0 Å². The molecule has 2 N–H and O–H groups in total. The first-order valence-corrected chi connectivity index (χ1v) is 7.02. The molecule has 0 saturated heterocycles. The molecule has 3 atom stereocenters. The van der Waals surface area contributed by atoms with Crippen molar-refractivity contribution in [2.75, 3.05) is 6.54 Å². The van der Waals surface area contributed by atoms with Gasteiger partial charge in [-0.2, -0.15) is 0 Å². The summed E-state index contributed by atoms with van der Waals surface area (Å²) in [5.74, 6) is 1.90. The van der Waals surface area contributed by atoms with E-state index in [9.17, 15) is 0 Å². The summed E-state index contributed by atoms with van der Waals surface area (Å²) in [6.45, 7) is 3.08. The summed E-state index contributed by atoms with van der Waals surface area (Å²) in [6, 6.07) is 6.00. The van der Waals surface area contributed by atoms with Crippen molar-refractivity contribution in [2.24, 2.45) is 17.6 Å². The van der Waals surface area contributed by atoms with Crippen molar-refractivity contribution in [2.45, 2.75) is 32.1 Å². The van der Waals surface area contributed by atoms with Crippen LogP contribution in [0.5, 0.6) is 0 Å². The van der Waals surface area contributed by atoms with Gasteiger partial charge >= 0.3 is 0 Å². The van der Waals surface area contributed by atoms with Crippen molar-refractivity contribution in [1.29, 1.82) is 0 Å². The zero-order chi connectivity index (χ0) is 12.4. The predicted octanol–water partition coefficient (Wildman–Crippen LogP) is 4.47. The number of hydrogen-bond donors (Lipinski definition) is 1. The van der Waals surface area contributed by atoms with Crippen LogP contribution in [0.1, 0.15) is 37.7 Å². The average molecular weight is 272 g/mol. The van der Waals surface area contributed by atoms with Crippen LogP contribution in [0.15, 0.2) is 18.2 Å². The Morgan fingerprint density at radius 1 is 1.24 bits per heavy atom. The molecule has 0 aliphatic heterocycles. The van der Waals surface area contributed by atoms with Crippen LogP contribution in [-0.2, 0) is 0 Å². The van der Waals surface area contributed by atoms with Gasteiger partial charge in [-0.25, -0.2) is 0 Å². The van der Waals surface area contributed by atoms with Crippen LogP contribution < -0.4 is 5.73 Å². The molecule has 0 amide bonds. The normalized spacial score (nSPS) is 29.3. The fourth-order valence-corrected chi connectivity index (χ4v) is 3.18. The zero-order valence-electron chi connectivity index (χ0n) is 10.1. The fraction of sp³-hybridized carbons (Fsp3) is 0.571. The number of benzene rings is 1. The first-order valence-electron chi connectivity index (χ1n) is 6.26. The van der Waals surface area contributed by atoms with Crippen molar-refractivity contribution in [1.82, 2.24) is 0 Å². The van der Waals surface area contributed by atoms with Gasteiger partial charge in [-0.1, -0.05) is 42.6 Å². The van der Waals surface area contributed by atoms with Gasteiger partial charge in [0.15, 0.2) is 0 Å². The molecule has 1 aromatic rings. The molecule has 1 nitrogen and oxygen atoms in total. The second-order valence-corrected chi connectivity index (χ2v) is 6.01. The van der Waals surface area contributed by atoms with Crippen molar-refractivity contribution >= 4 is 23.2 Å². The molecule has 17 heavy (non-hydrogen) atoms. The van der Waals surface area contributed by atoms with E-state index >= 15 is 0 Å². The Balaban J connectivity index is 2.25. The number of hydrogen-bond acceptors (Lipinski definition) is 1. The molecule has 0 spiro atoms. The van der Waals surface area contributed by atoms with Crippen molar-refractivity contribution < 1.29 is 0 Å². The molecule has 1 fully saturated rings. The van der Waals surface area contributed by atoms with Gasteiger partial charge in [-0.3, -0.25) is 0 Å². The Morgan fingerprint density at radius 3 is 2.65 bits per heavy atom. The second-order valence-electron chi connectivity index (χ2n) is 5.19. The molecule has 1 aromatic carbocycles. The average Bonchev–Trinajstić information content (AvgIpc) is 2.32. The van der Waals surface area contributed by atoms with Crippen LogP contribution >= 0.6 is 23.2 Å². The molecule has 0 radical (unpaired) electrons. The summed E-state index contributed by atoms with van der Waals surface area (Å²) in [6.07, 6.45) is 3.72. The Morgan fingerprint density at radius 2 is 2.00 bits per heavy atom. The molecular formula is C14H19Cl2N.